The van der Waals surface area contributed by atoms with Crippen LogP contribution in [0.5, 0.6) is 28.9 Å². The van der Waals surface area contributed by atoms with Crippen molar-refractivity contribution in [3.05, 3.63) is 71.2 Å². The molecule has 198 valence electrons. The molecular weight excluding hydrogens is 493 g/mol. The number of rotatable bonds is 8. The van der Waals surface area contributed by atoms with Crippen LogP contribution < -0.4 is 18.9 Å². The third-order valence-electron chi connectivity index (χ3n) is 7.13. The molecule has 2 aromatic carbocycles. The number of aromatic nitrogens is 1. The molecule has 0 saturated carbocycles. The van der Waals surface area contributed by atoms with E-state index in [0.29, 0.717) is 67.1 Å². The summed E-state index contributed by atoms with van der Waals surface area (Å²) < 4.78 is 49.2. The number of benzene rings is 2. The smallest absolute Gasteiger partial charge is 0.306 e. The molecule has 0 bridgehead atoms. The largest absolute Gasteiger partial charge is 0.492 e. The predicted molar refractivity (Wildman–Crippen MR) is 134 cm³/mol. The van der Waals surface area contributed by atoms with Gasteiger partial charge < -0.3 is 28.4 Å². The molecule has 3 heterocycles. The van der Waals surface area contributed by atoms with Gasteiger partial charge in [0.2, 0.25) is 5.88 Å². The van der Waals surface area contributed by atoms with Gasteiger partial charge in [-0.15, -0.1) is 0 Å². The first-order chi connectivity index (χ1) is 18.6. The van der Waals surface area contributed by atoms with E-state index in [-0.39, 0.29) is 30.2 Å². The van der Waals surface area contributed by atoms with Crippen LogP contribution in [-0.4, -0.2) is 44.0 Å². The van der Waals surface area contributed by atoms with E-state index in [1.807, 2.05) is 12.1 Å². The number of esters is 1. The quantitative estimate of drug-likeness (QED) is 0.370. The molecule has 0 N–H and O–H groups in total. The normalized spacial score (nSPS) is 21.4. The maximum absolute atomic E-state index is 15.0. The standard InChI is InChI=1S/C29H28FNO7/c1-33-28(32)12-17-15-35-26-13-18(2-3-21(17)26)37-25-6-4-22-24(7-5-23(30)29(22)25)36-19-8-10-31-27(14-19)38-20-9-11-34-16-20/h2-3,5,7-8,10,13-14,17,20,25H,4,6,9,11-12,15-16H2,1H3. The lowest BCUT2D eigenvalue weighted by atomic mass is 9.98. The van der Waals surface area contributed by atoms with E-state index in [2.05, 4.69) is 4.98 Å². The molecule has 3 atom stereocenters. The summed E-state index contributed by atoms with van der Waals surface area (Å²) in [7, 11) is 1.38. The van der Waals surface area contributed by atoms with Crippen molar-refractivity contribution in [1.29, 1.82) is 0 Å². The Balaban J connectivity index is 1.17. The monoisotopic (exact) mass is 521 g/mol. The zero-order valence-corrected chi connectivity index (χ0v) is 21.0. The van der Waals surface area contributed by atoms with Crippen LogP contribution in [0.25, 0.3) is 0 Å². The van der Waals surface area contributed by atoms with Crippen molar-refractivity contribution in [1.82, 2.24) is 4.98 Å². The van der Waals surface area contributed by atoms with Crippen LogP contribution >= 0.6 is 0 Å². The molecule has 6 rings (SSSR count). The van der Waals surface area contributed by atoms with Crippen molar-refractivity contribution >= 4 is 5.97 Å². The third-order valence-corrected chi connectivity index (χ3v) is 7.13. The maximum atomic E-state index is 15.0. The number of carbonyl (C=O) groups is 1. The SMILES string of the molecule is COC(=O)CC1COc2cc(OC3CCc4c(Oc5ccnc(OC6CCOC6)c5)ccc(F)c43)ccc21. The van der Waals surface area contributed by atoms with Crippen LogP contribution in [0, 0.1) is 5.82 Å². The number of methoxy groups -OCH3 is 1. The zero-order chi connectivity index (χ0) is 26.1. The first-order valence-corrected chi connectivity index (χ1v) is 12.8. The Labute approximate surface area is 219 Å². The van der Waals surface area contributed by atoms with Crippen LogP contribution in [0.1, 0.15) is 48.0 Å². The number of carbonyl (C=O) groups excluding carboxylic acids is 1. The minimum absolute atomic E-state index is 0.0194. The van der Waals surface area contributed by atoms with E-state index in [0.717, 1.165) is 17.5 Å². The number of ether oxygens (including phenoxy) is 6. The first-order valence-electron chi connectivity index (χ1n) is 12.8. The maximum Gasteiger partial charge on any atom is 0.306 e. The van der Waals surface area contributed by atoms with Crippen molar-refractivity contribution in [3.8, 4) is 28.9 Å². The summed E-state index contributed by atoms with van der Waals surface area (Å²) >= 11 is 0. The molecule has 9 heteroatoms. The molecule has 3 aliphatic rings. The Bertz CT molecular complexity index is 1340. The van der Waals surface area contributed by atoms with Crippen molar-refractivity contribution in [2.45, 2.75) is 43.8 Å². The number of hydrogen-bond donors (Lipinski definition) is 0. The Morgan fingerprint density at radius 3 is 2.84 bits per heavy atom. The van der Waals surface area contributed by atoms with Crippen molar-refractivity contribution in [2.24, 2.45) is 0 Å². The van der Waals surface area contributed by atoms with Gasteiger partial charge in [-0.1, -0.05) is 6.07 Å². The van der Waals surface area contributed by atoms with E-state index in [1.165, 1.54) is 13.2 Å². The summed E-state index contributed by atoms with van der Waals surface area (Å²) in [6.07, 6.45) is 3.46. The second-order valence-corrected chi connectivity index (χ2v) is 9.61. The summed E-state index contributed by atoms with van der Waals surface area (Å²) in [4.78, 5) is 16.0. The fourth-order valence-corrected chi connectivity index (χ4v) is 5.23. The molecule has 8 nitrogen and oxygen atoms in total. The Hall–Kier alpha value is -3.85. The number of pyridine rings is 1. The average molecular weight is 522 g/mol. The lowest BCUT2D eigenvalue weighted by Crippen LogP contribution is -2.16. The minimum atomic E-state index is -0.461. The zero-order valence-electron chi connectivity index (χ0n) is 21.0. The summed E-state index contributed by atoms with van der Waals surface area (Å²) in [6, 6.07) is 12.1. The fraction of sp³-hybridized carbons (Fsp3) is 0.379. The van der Waals surface area contributed by atoms with Gasteiger partial charge in [0, 0.05) is 47.4 Å². The summed E-state index contributed by atoms with van der Waals surface area (Å²) in [5.74, 6) is 2.20. The highest BCUT2D eigenvalue weighted by Gasteiger charge is 2.32. The Morgan fingerprint density at radius 2 is 2.00 bits per heavy atom. The highest BCUT2D eigenvalue weighted by molar-refractivity contribution is 5.71. The molecule has 3 unspecified atom stereocenters. The minimum Gasteiger partial charge on any atom is -0.492 e. The van der Waals surface area contributed by atoms with Crippen molar-refractivity contribution < 1.29 is 37.6 Å². The molecule has 3 aromatic rings. The molecule has 0 spiro atoms. The van der Waals surface area contributed by atoms with Crippen LogP contribution in [0.2, 0.25) is 0 Å². The van der Waals surface area contributed by atoms with Crippen LogP contribution in [0.15, 0.2) is 48.7 Å². The Kier molecular flexibility index (Phi) is 6.76. The van der Waals surface area contributed by atoms with Gasteiger partial charge in [-0.25, -0.2) is 9.37 Å². The van der Waals surface area contributed by atoms with Crippen molar-refractivity contribution in [3.63, 3.8) is 0 Å². The summed E-state index contributed by atoms with van der Waals surface area (Å²) in [5.41, 5.74) is 2.23. The number of halogens is 1. The molecule has 1 fully saturated rings. The molecule has 0 radical (unpaired) electrons. The number of fused-ring (bicyclic) bond motifs is 2. The molecule has 38 heavy (non-hydrogen) atoms. The molecule has 0 amide bonds. The van der Waals surface area contributed by atoms with Gasteiger partial charge in [0.05, 0.1) is 33.4 Å². The first kappa shape index (κ1) is 24.5. The van der Waals surface area contributed by atoms with Gasteiger partial charge in [-0.2, -0.15) is 0 Å². The molecule has 1 aliphatic carbocycles. The van der Waals surface area contributed by atoms with Crippen LogP contribution in [-0.2, 0) is 20.7 Å². The number of hydrogen-bond acceptors (Lipinski definition) is 8. The Morgan fingerprint density at radius 1 is 1.08 bits per heavy atom. The topological polar surface area (TPSA) is 85.3 Å². The van der Waals surface area contributed by atoms with E-state index < -0.39 is 6.10 Å². The second kappa shape index (κ2) is 10.5. The predicted octanol–water partition coefficient (Wildman–Crippen LogP) is 5.29. The van der Waals surface area contributed by atoms with Gasteiger partial charge in [-0.05, 0) is 37.1 Å². The van der Waals surface area contributed by atoms with E-state index >= 15 is 4.39 Å². The molecule has 1 saturated heterocycles. The van der Waals surface area contributed by atoms with Gasteiger partial charge in [0.15, 0.2) is 0 Å². The number of nitrogens with zero attached hydrogens (tertiary/aromatic N) is 1. The van der Waals surface area contributed by atoms with Crippen LogP contribution in [0.3, 0.4) is 0 Å². The lowest BCUT2D eigenvalue weighted by Gasteiger charge is -2.17. The highest BCUT2D eigenvalue weighted by Crippen LogP contribution is 2.44. The molecule has 1 aromatic heterocycles. The second-order valence-electron chi connectivity index (χ2n) is 9.61. The molecule has 2 aliphatic heterocycles. The van der Waals surface area contributed by atoms with E-state index in [9.17, 15) is 4.79 Å². The molecular formula is C29H28FNO7. The van der Waals surface area contributed by atoms with E-state index in [4.69, 9.17) is 28.4 Å². The van der Waals surface area contributed by atoms with Gasteiger partial charge in [0.25, 0.3) is 0 Å². The summed E-state index contributed by atoms with van der Waals surface area (Å²) in [6.45, 7) is 1.63. The van der Waals surface area contributed by atoms with Gasteiger partial charge in [0.1, 0.15) is 41.0 Å². The van der Waals surface area contributed by atoms with Gasteiger partial charge >= 0.3 is 5.97 Å². The average Bonchev–Trinajstić information content (AvgIpc) is 3.67. The van der Waals surface area contributed by atoms with Gasteiger partial charge in [-0.3, -0.25) is 4.79 Å². The third kappa shape index (κ3) is 4.98. The van der Waals surface area contributed by atoms with Crippen molar-refractivity contribution in [2.75, 3.05) is 26.9 Å². The fourth-order valence-electron chi connectivity index (χ4n) is 5.23. The van der Waals surface area contributed by atoms with Crippen LogP contribution in [0.4, 0.5) is 4.39 Å². The summed E-state index contributed by atoms with van der Waals surface area (Å²) in [5, 5.41) is 0. The highest BCUT2D eigenvalue weighted by atomic mass is 19.1. The lowest BCUT2D eigenvalue weighted by molar-refractivity contribution is -0.141. The van der Waals surface area contributed by atoms with E-state index in [1.54, 1.807) is 30.5 Å².